The number of hydrogen-bond acceptors (Lipinski definition) is 5. The van der Waals surface area contributed by atoms with Crippen molar-refractivity contribution in [2.75, 3.05) is 5.32 Å². The fraction of sp³-hybridized carbons (Fsp3) is 0.279. The molecule has 258 valence electrons. The summed E-state index contributed by atoms with van der Waals surface area (Å²) in [6.45, 7) is 17.5. The quantitative estimate of drug-likeness (QED) is 0.117. The van der Waals surface area contributed by atoms with Gasteiger partial charge in [0.15, 0.2) is 0 Å². The Bertz CT molecular complexity index is 2300. The van der Waals surface area contributed by atoms with Gasteiger partial charge < -0.3 is 9.73 Å². The Hall–Kier alpha value is -4.72. The van der Waals surface area contributed by atoms with E-state index >= 15 is 0 Å². The number of nitrogens with zero attached hydrogens (tertiary/aromatic N) is 1. The molecule has 0 saturated carbocycles. The molecule has 6 nitrogen and oxygen atoms in total. The molecule has 0 fully saturated rings. The Morgan fingerprint density at radius 1 is 0.640 bits per heavy atom. The van der Waals surface area contributed by atoms with Crippen LogP contribution in [0.2, 0.25) is 0 Å². The highest BCUT2D eigenvalue weighted by molar-refractivity contribution is 7.86. The van der Waals surface area contributed by atoms with Gasteiger partial charge in [-0.3, -0.25) is 4.55 Å². The number of anilines is 2. The highest BCUT2D eigenvalue weighted by Gasteiger charge is 2.24. The lowest BCUT2D eigenvalue weighted by Gasteiger charge is -2.22. The summed E-state index contributed by atoms with van der Waals surface area (Å²) in [7, 11) is -4.53. The summed E-state index contributed by atoms with van der Waals surface area (Å²) in [4.78, 5) is 5.03. The highest BCUT2D eigenvalue weighted by atomic mass is 32.2. The van der Waals surface area contributed by atoms with Gasteiger partial charge in [-0.05, 0) is 76.3 Å². The smallest absolute Gasteiger partial charge is 0.295 e. The minimum Gasteiger partial charge on any atom is -0.456 e. The second-order valence-electron chi connectivity index (χ2n) is 14.3. The molecule has 0 aromatic heterocycles. The Labute approximate surface area is 296 Å². The van der Waals surface area contributed by atoms with Crippen LogP contribution in [-0.2, 0) is 10.1 Å². The van der Waals surface area contributed by atoms with Crippen molar-refractivity contribution in [2.24, 2.45) is 4.99 Å². The zero-order valence-electron chi connectivity index (χ0n) is 30.1. The summed E-state index contributed by atoms with van der Waals surface area (Å²) >= 11 is 0. The molecule has 2 N–H and O–H groups in total. The van der Waals surface area contributed by atoms with Crippen LogP contribution in [-0.4, -0.2) is 13.0 Å². The summed E-state index contributed by atoms with van der Waals surface area (Å²) in [5, 5.41) is 5.15. The molecule has 4 aromatic carbocycles. The van der Waals surface area contributed by atoms with Crippen LogP contribution in [0.3, 0.4) is 0 Å². The second-order valence-corrected chi connectivity index (χ2v) is 15.7. The van der Waals surface area contributed by atoms with E-state index < -0.39 is 10.1 Å². The maximum absolute atomic E-state index is 12.7. The lowest BCUT2D eigenvalue weighted by Crippen LogP contribution is -2.06. The van der Waals surface area contributed by atoms with Crippen molar-refractivity contribution < 1.29 is 17.4 Å². The van der Waals surface area contributed by atoms with Crippen LogP contribution in [0.25, 0.3) is 33.4 Å². The predicted molar refractivity (Wildman–Crippen MR) is 206 cm³/mol. The van der Waals surface area contributed by atoms with Gasteiger partial charge >= 0.3 is 0 Å². The molecule has 1 aliphatic heterocycles. The molecule has 0 saturated heterocycles. The van der Waals surface area contributed by atoms with Crippen LogP contribution >= 0.6 is 0 Å². The van der Waals surface area contributed by atoms with Gasteiger partial charge in [0.25, 0.3) is 10.1 Å². The van der Waals surface area contributed by atoms with Gasteiger partial charge in [0.2, 0.25) is 0 Å². The monoisotopic (exact) mass is 686 g/mol. The van der Waals surface area contributed by atoms with Gasteiger partial charge in [-0.1, -0.05) is 110 Å². The van der Waals surface area contributed by atoms with Crippen LogP contribution in [0.15, 0.2) is 111 Å². The number of fused-ring (bicyclic) bond motifs is 2. The Morgan fingerprint density at radius 3 is 1.80 bits per heavy atom. The minimum absolute atomic E-state index is 0.162. The standard InChI is InChI=1S/C43H46N2O4S/c1-25(2)31-14-11-15-32(26(3)4)42(31)44-29-19-21-35-38(23-29)49-39-24-30(45-43-33(27(5)6)16-12-17-34(43)28(7)8)20-22-36(39)41(35)37-13-9-10-18-40(37)50(46,47)48/h9-28,44H,1-8H3,(H,46,47,48). The fourth-order valence-corrected chi connectivity index (χ4v) is 7.52. The molecule has 0 amide bonds. The topological polar surface area (TPSA) is 91.9 Å². The predicted octanol–water partition coefficient (Wildman–Crippen LogP) is 11.9. The Kier molecular flexibility index (Phi) is 9.75. The molecule has 6 rings (SSSR count). The van der Waals surface area contributed by atoms with Crippen molar-refractivity contribution in [2.45, 2.75) is 84.0 Å². The van der Waals surface area contributed by atoms with Crippen molar-refractivity contribution in [3.63, 3.8) is 0 Å². The minimum atomic E-state index is -4.53. The van der Waals surface area contributed by atoms with E-state index in [9.17, 15) is 13.0 Å². The first-order valence-electron chi connectivity index (χ1n) is 17.4. The third-order valence-electron chi connectivity index (χ3n) is 9.37. The molecule has 0 unspecified atom stereocenters. The molecule has 0 atom stereocenters. The molecule has 50 heavy (non-hydrogen) atoms. The number of benzene rings is 5. The van der Waals surface area contributed by atoms with E-state index in [1.807, 2.05) is 36.4 Å². The molecule has 2 aliphatic rings. The van der Waals surface area contributed by atoms with Crippen molar-refractivity contribution in [1.29, 1.82) is 0 Å². The zero-order valence-corrected chi connectivity index (χ0v) is 30.9. The van der Waals surface area contributed by atoms with E-state index in [2.05, 4.69) is 97.1 Å². The van der Waals surface area contributed by atoms with Gasteiger partial charge in [-0.25, -0.2) is 4.99 Å². The Balaban J connectivity index is 1.64. The summed E-state index contributed by atoms with van der Waals surface area (Å²) in [5.74, 6) is 1.75. The van der Waals surface area contributed by atoms with Crippen LogP contribution in [0.4, 0.5) is 17.1 Å². The largest absolute Gasteiger partial charge is 0.456 e. The third-order valence-corrected chi connectivity index (χ3v) is 10.3. The van der Waals surface area contributed by atoms with Crippen molar-refractivity contribution in [1.82, 2.24) is 0 Å². The summed E-state index contributed by atoms with van der Waals surface area (Å²) in [5.41, 5.74) is 10.0. The van der Waals surface area contributed by atoms with E-state index in [-0.39, 0.29) is 16.7 Å². The number of rotatable bonds is 9. The normalized spacial score (nSPS) is 12.7. The summed E-state index contributed by atoms with van der Waals surface area (Å²) in [6, 6.07) is 31.0. The molecule has 0 bridgehead atoms. The zero-order chi connectivity index (χ0) is 35.9. The number of para-hydroxylation sites is 2. The first-order valence-corrected chi connectivity index (χ1v) is 18.8. The van der Waals surface area contributed by atoms with Gasteiger partial charge in [-0.2, -0.15) is 8.42 Å². The summed E-state index contributed by atoms with van der Waals surface area (Å²) in [6.07, 6.45) is 0. The van der Waals surface area contributed by atoms with E-state index in [1.54, 1.807) is 18.2 Å². The van der Waals surface area contributed by atoms with Crippen LogP contribution < -0.4 is 10.7 Å². The maximum Gasteiger partial charge on any atom is 0.295 e. The van der Waals surface area contributed by atoms with E-state index in [1.165, 1.54) is 28.3 Å². The van der Waals surface area contributed by atoms with Crippen LogP contribution in [0.5, 0.6) is 0 Å². The number of nitrogens with one attached hydrogen (secondary N) is 1. The van der Waals surface area contributed by atoms with Gasteiger partial charge in [0.1, 0.15) is 16.2 Å². The first kappa shape index (κ1) is 35.1. The molecule has 7 heteroatoms. The highest BCUT2D eigenvalue weighted by Crippen LogP contribution is 2.44. The summed E-state index contributed by atoms with van der Waals surface area (Å²) < 4.78 is 42.3. The van der Waals surface area contributed by atoms with E-state index in [4.69, 9.17) is 9.41 Å². The second kappa shape index (κ2) is 13.9. The fourth-order valence-electron chi connectivity index (χ4n) is 6.82. The van der Waals surface area contributed by atoms with Gasteiger partial charge in [-0.15, -0.1) is 0 Å². The molecular weight excluding hydrogens is 641 g/mol. The molecule has 0 spiro atoms. The SMILES string of the molecule is CC(C)c1cccc(C(C)C)c1N=c1ccc2c(-c3ccccc3S(=O)(=O)O)c3ccc(Nc4c(C(C)C)cccc4C(C)C)cc3oc-2c1. The molecule has 1 heterocycles. The molecular formula is C43H46N2O4S. The molecule has 1 aliphatic carbocycles. The average molecular weight is 687 g/mol. The Morgan fingerprint density at radius 2 is 1.22 bits per heavy atom. The van der Waals surface area contributed by atoms with Crippen molar-refractivity contribution in [3.8, 4) is 22.5 Å². The van der Waals surface area contributed by atoms with Crippen LogP contribution in [0, 0.1) is 0 Å². The van der Waals surface area contributed by atoms with Gasteiger partial charge in [0.05, 0.1) is 11.0 Å². The van der Waals surface area contributed by atoms with Crippen LogP contribution in [0.1, 0.15) is 101 Å². The molecule has 0 radical (unpaired) electrons. The van der Waals surface area contributed by atoms with Crippen molar-refractivity contribution in [3.05, 3.63) is 125 Å². The maximum atomic E-state index is 12.7. The lowest BCUT2D eigenvalue weighted by atomic mass is 9.92. The average Bonchev–Trinajstić information content (AvgIpc) is 3.06. The van der Waals surface area contributed by atoms with E-state index in [0.717, 1.165) is 27.8 Å². The van der Waals surface area contributed by atoms with Crippen molar-refractivity contribution >= 4 is 38.1 Å². The third kappa shape index (κ3) is 6.85. The van der Waals surface area contributed by atoms with Gasteiger partial charge in [0, 0.05) is 45.6 Å². The number of hydrogen-bond donors (Lipinski definition) is 2. The lowest BCUT2D eigenvalue weighted by molar-refractivity contribution is 0.483. The van der Waals surface area contributed by atoms with E-state index in [0.29, 0.717) is 39.9 Å². The first-order chi connectivity index (χ1) is 23.7. The molecule has 4 aromatic rings.